The number of aliphatic hydroxyl groups is 2. The minimum Gasteiger partial charge on any atom is -0.512 e. The molecule has 3 atom stereocenters. The Hall–Kier alpha value is -0.620. The van der Waals surface area contributed by atoms with Crippen molar-refractivity contribution in [3.8, 4) is 0 Å². The molecule has 23 heavy (non-hydrogen) atoms. The Morgan fingerprint density at radius 3 is 2.57 bits per heavy atom. The Labute approximate surface area is 140 Å². The summed E-state index contributed by atoms with van der Waals surface area (Å²) in [5, 5.41) is 21.1. The second-order valence-electron chi connectivity index (χ2n) is 7.83. The molecule has 0 radical (unpaired) electrons. The maximum absolute atomic E-state index is 10.6. The van der Waals surface area contributed by atoms with Gasteiger partial charge in [0.25, 0.3) is 0 Å². The topological polar surface area (TPSA) is 62.2 Å². The maximum atomic E-state index is 10.6. The van der Waals surface area contributed by atoms with Crippen LogP contribution in [-0.4, -0.2) is 59.3 Å². The molecule has 5 heteroatoms. The standard InChI is InChI=1S/C18H33NO4/c1-6-8-19(7-2)11-13-12-22-18(23-13)10-15(20)14(9-16(18)21)17(3,4)5/h13,16,20-21H,6-12H2,1-5H3. The van der Waals surface area contributed by atoms with E-state index >= 15 is 0 Å². The summed E-state index contributed by atoms with van der Waals surface area (Å²) in [6.07, 6.45) is 0.943. The molecule has 0 amide bonds. The molecule has 5 nitrogen and oxygen atoms in total. The van der Waals surface area contributed by atoms with Gasteiger partial charge in [-0.25, -0.2) is 0 Å². The average Bonchev–Trinajstić information content (AvgIpc) is 2.85. The molecular formula is C18H33NO4. The molecule has 134 valence electrons. The minimum atomic E-state index is -1.07. The van der Waals surface area contributed by atoms with Gasteiger partial charge in [-0.2, -0.15) is 0 Å². The summed E-state index contributed by atoms with van der Waals surface area (Å²) in [6, 6.07) is 0. The van der Waals surface area contributed by atoms with Crippen LogP contribution in [0.15, 0.2) is 11.3 Å². The predicted molar refractivity (Wildman–Crippen MR) is 90.3 cm³/mol. The number of ether oxygens (including phenoxy) is 2. The van der Waals surface area contributed by atoms with Crippen LogP contribution in [0, 0.1) is 5.41 Å². The monoisotopic (exact) mass is 327 g/mol. The summed E-state index contributed by atoms with van der Waals surface area (Å²) in [5.41, 5.74) is 0.734. The molecule has 2 rings (SSSR count). The molecule has 0 saturated carbocycles. The molecule has 1 saturated heterocycles. The van der Waals surface area contributed by atoms with E-state index in [9.17, 15) is 10.2 Å². The highest BCUT2D eigenvalue weighted by Gasteiger charge is 2.52. The van der Waals surface area contributed by atoms with Crippen molar-refractivity contribution >= 4 is 0 Å². The van der Waals surface area contributed by atoms with Crippen LogP contribution in [-0.2, 0) is 9.47 Å². The van der Waals surface area contributed by atoms with E-state index in [4.69, 9.17) is 9.47 Å². The molecule has 0 aromatic carbocycles. The lowest BCUT2D eigenvalue weighted by Crippen LogP contribution is -2.48. The highest BCUT2D eigenvalue weighted by atomic mass is 16.8. The maximum Gasteiger partial charge on any atom is 0.202 e. The van der Waals surface area contributed by atoms with Crippen LogP contribution in [0.1, 0.15) is 53.9 Å². The average molecular weight is 327 g/mol. The molecule has 0 aromatic heterocycles. The number of hydrogen-bond donors (Lipinski definition) is 2. The molecular weight excluding hydrogens is 294 g/mol. The van der Waals surface area contributed by atoms with Gasteiger partial charge in [0, 0.05) is 13.0 Å². The Kier molecular flexibility index (Phi) is 5.77. The molecule has 1 spiro atoms. The van der Waals surface area contributed by atoms with Crippen LogP contribution in [0.2, 0.25) is 0 Å². The largest absolute Gasteiger partial charge is 0.512 e. The fraction of sp³-hybridized carbons (Fsp3) is 0.889. The van der Waals surface area contributed by atoms with E-state index in [0.717, 1.165) is 31.6 Å². The number of hydrogen-bond acceptors (Lipinski definition) is 5. The van der Waals surface area contributed by atoms with E-state index in [-0.39, 0.29) is 17.9 Å². The number of aliphatic hydroxyl groups excluding tert-OH is 2. The normalized spacial score (nSPS) is 32.3. The lowest BCUT2D eigenvalue weighted by atomic mass is 9.76. The second-order valence-corrected chi connectivity index (χ2v) is 7.83. The van der Waals surface area contributed by atoms with Crippen molar-refractivity contribution in [3.05, 3.63) is 11.3 Å². The Bertz CT molecular complexity index is 443. The zero-order chi connectivity index (χ0) is 17.3. The Morgan fingerprint density at radius 1 is 1.30 bits per heavy atom. The van der Waals surface area contributed by atoms with Gasteiger partial charge in [-0.1, -0.05) is 34.6 Å². The van der Waals surface area contributed by atoms with Gasteiger partial charge in [-0.05, 0) is 30.5 Å². The number of likely N-dealkylation sites (N-methyl/N-ethyl adjacent to an activating group) is 1. The van der Waals surface area contributed by atoms with Crippen molar-refractivity contribution in [2.24, 2.45) is 5.41 Å². The van der Waals surface area contributed by atoms with Gasteiger partial charge < -0.3 is 24.6 Å². The van der Waals surface area contributed by atoms with E-state index in [0.29, 0.717) is 18.8 Å². The zero-order valence-corrected chi connectivity index (χ0v) is 15.3. The first-order valence-corrected chi connectivity index (χ1v) is 8.85. The third kappa shape index (κ3) is 4.08. The molecule has 1 fully saturated rings. The van der Waals surface area contributed by atoms with Gasteiger partial charge >= 0.3 is 0 Å². The summed E-state index contributed by atoms with van der Waals surface area (Å²) in [5.74, 6) is -0.765. The first kappa shape index (κ1) is 18.7. The Balaban J connectivity index is 2.06. The van der Waals surface area contributed by atoms with Gasteiger partial charge in [0.05, 0.1) is 24.9 Å². The third-order valence-corrected chi connectivity index (χ3v) is 4.90. The summed E-state index contributed by atoms with van der Waals surface area (Å²) in [7, 11) is 0. The van der Waals surface area contributed by atoms with Crippen LogP contribution in [0.4, 0.5) is 0 Å². The number of nitrogens with zero attached hydrogens (tertiary/aromatic N) is 1. The molecule has 2 N–H and O–H groups in total. The van der Waals surface area contributed by atoms with Crippen LogP contribution in [0.25, 0.3) is 0 Å². The van der Waals surface area contributed by atoms with Gasteiger partial charge in [-0.3, -0.25) is 0 Å². The molecule has 1 aliphatic carbocycles. The van der Waals surface area contributed by atoms with Crippen LogP contribution in [0.5, 0.6) is 0 Å². The van der Waals surface area contributed by atoms with Crippen molar-refractivity contribution in [3.63, 3.8) is 0 Å². The minimum absolute atomic E-state index is 0.0554. The van der Waals surface area contributed by atoms with E-state index in [1.54, 1.807) is 0 Å². The van der Waals surface area contributed by atoms with Crippen molar-refractivity contribution in [1.29, 1.82) is 0 Å². The number of rotatable bonds is 5. The van der Waals surface area contributed by atoms with Gasteiger partial charge in [0.2, 0.25) is 5.79 Å². The molecule has 2 aliphatic rings. The molecule has 3 unspecified atom stereocenters. The van der Waals surface area contributed by atoms with Crippen LogP contribution < -0.4 is 0 Å². The highest BCUT2D eigenvalue weighted by molar-refractivity contribution is 5.22. The summed E-state index contributed by atoms with van der Waals surface area (Å²) < 4.78 is 12.0. The van der Waals surface area contributed by atoms with Gasteiger partial charge in [0.1, 0.15) is 6.10 Å². The SMILES string of the molecule is CCCN(CC)CC1COC2(CC(O)=C(C(C)(C)C)CC2O)O1. The first-order chi connectivity index (χ1) is 10.7. The van der Waals surface area contributed by atoms with Crippen LogP contribution >= 0.6 is 0 Å². The van der Waals surface area contributed by atoms with Crippen molar-refractivity contribution in [2.75, 3.05) is 26.2 Å². The Morgan fingerprint density at radius 2 is 2.00 bits per heavy atom. The molecule has 0 aromatic rings. The highest BCUT2D eigenvalue weighted by Crippen LogP contribution is 2.44. The summed E-state index contributed by atoms with van der Waals surface area (Å²) in [4.78, 5) is 2.33. The second kappa shape index (κ2) is 7.09. The van der Waals surface area contributed by atoms with Crippen molar-refractivity contribution in [1.82, 2.24) is 4.90 Å². The third-order valence-electron chi connectivity index (χ3n) is 4.90. The van der Waals surface area contributed by atoms with Gasteiger partial charge in [-0.15, -0.1) is 0 Å². The van der Waals surface area contributed by atoms with Crippen molar-refractivity contribution in [2.45, 2.75) is 71.9 Å². The van der Waals surface area contributed by atoms with Gasteiger partial charge in [0.15, 0.2) is 0 Å². The van der Waals surface area contributed by atoms with E-state index in [1.165, 1.54) is 0 Å². The predicted octanol–water partition coefficient (Wildman–Crippen LogP) is 2.84. The first-order valence-electron chi connectivity index (χ1n) is 8.85. The summed E-state index contributed by atoms with van der Waals surface area (Å²) >= 11 is 0. The van der Waals surface area contributed by atoms with E-state index in [1.807, 2.05) is 20.8 Å². The smallest absolute Gasteiger partial charge is 0.202 e. The fourth-order valence-corrected chi connectivity index (χ4v) is 3.59. The van der Waals surface area contributed by atoms with E-state index in [2.05, 4.69) is 18.7 Å². The zero-order valence-electron chi connectivity index (χ0n) is 15.3. The van der Waals surface area contributed by atoms with Crippen molar-refractivity contribution < 1.29 is 19.7 Å². The molecule has 1 aliphatic heterocycles. The lowest BCUT2D eigenvalue weighted by Gasteiger charge is -2.40. The van der Waals surface area contributed by atoms with Crippen LogP contribution in [0.3, 0.4) is 0 Å². The molecule has 1 heterocycles. The lowest BCUT2D eigenvalue weighted by molar-refractivity contribution is -0.235. The summed E-state index contributed by atoms with van der Waals surface area (Å²) in [6.45, 7) is 13.7. The fourth-order valence-electron chi connectivity index (χ4n) is 3.59. The molecule has 0 bridgehead atoms. The van der Waals surface area contributed by atoms with E-state index < -0.39 is 11.9 Å². The quantitative estimate of drug-likeness (QED) is 0.813.